The van der Waals surface area contributed by atoms with Crippen LogP contribution in [0.3, 0.4) is 0 Å². The third kappa shape index (κ3) is 5.43. The monoisotopic (exact) mass is 326 g/mol. The number of nitrogens with one attached hydrogen (secondary N) is 2. The molecule has 2 amide bonds. The van der Waals surface area contributed by atoms with Gasteiger partial charge in [0.1, 0.15) is 5.75 Å². The lowest BCUT2D eigenvalue weighted by atomic mass is 10.1. The molecule has 126 valence electrons. The molecule has 0 aliphatic rings. The standard InChI is InChI=1S/C19H22N2O3/c1-3-15-6-4-5-7-17(15)21-18(22)12-20-19(23)13-24-16-10-8-14(2)9-11-16/h4-11H,3,12-13H2,1-2H3,(H,20,23)(H,21,22). The van der Waals surface area contributed by atoms with Crippen LogP contribution in [-0.4, -0.2) is 25.0 Å². The van der Waals surface area contributed by atoms with Crippen molar-refractivity contribution in [2.45, 2.75) is 20.3 Å². The predicted octanol–water partition coefficient (Wildman–Crippen LogP) is 2.69. The Bertz CT molecular complexity index is 696. The lowest BCUT2D eigenvalue weighted by Gasteiger charge is -2.11. The summed E-state index contributed by atoms with van der Waals surface area (Å²) in [7, 11) is 0. The molecule has 2 rings (SSSR count). The van der Waals surface area contributed by atoms with Crippen LogP contribution in [0.4, 0.5) is 5.69 Å². The first kappa shape index (κ1) is 17.5. The third-order valence-electron chi connectivity index (χ3n) is 3.51. The van der Waals surface area contributed by atoms with Gasteiger partial charge in [-0.25, -0.2) is 0 Å². The highest BCUT2D eigenvalue weighted by atomic mass is 16.5. The molecule has 0 unspecified atom stereocenters. The Morgan fingerprint density at radius 3 is 2.42 bits per heavy atom. The van der Waals surface area contributed by atoms with E-state index in [4.69, 9.17) is 4.74 Å². The Morgan fingerprint density at radius 1 is 1.00 bits per heavy atom. The van der Waals surface area contributed by atoms with Crippen LogP contribution in [0.2, 0.25) is 0 Å². The van der Waals surface area contributed by atoms with Crippen molar-refractivity contribution in [1.29, 1.82) is 0 Å². The molecule has 0 fully saturated rings. The van der Waals surface area contributed by atoms with Crippen LogP contribution in [0.15, 0.2) is 48.5 Å². The van der Waals surface area contributed by atoms with E-state index in [1.807, 2.05) is 50.2 Å². The molecular weight excluding hydrogens is 304 g/mol. The lowest BCUT2D eigenvalue weighted by molar-refractivity contribution is -0.125. The summed E-state index contributed by atoms with van der Waals surface area (Å²) in [4.78, 5) is 23.7. The van der Waals surface area contributed by atoms with Gasteiger partial charge in [-0.3, -0.25) is 9.59 Å². The van der Waals surface area contributed by atoms with Gasteiger partial charge in [-0.15, -0.1) is 0 Å². The van der Waals surface area contributed by atoms with Crippen molar-refractivity contribution in [1.82, 2.24) is 5.32 Å². The minimum absolute atomic E-state index is 0.0891. The van der Waals surface area contributed by atoms with Crippen molar-refractivity contribution in [3.63, 3.8) is 0 Å². The zero-order valence-electron chi connectivity index (χ0n) is 14.0. The molecule has 0 aromatic heterocycles. The molecule has 0 saturated heterocycles. The van der Waals surface area contributed by atoms with Gasteiger partial charge < -0.3 is 15.4 Å². The number of rotatable bonds is 7. The molecule has 2 aromatic rings. The van der Waals surface area contributed by atoms with Gasteiger partial charge in [-0.2, -0.15) is 0 Å². The molecule has 5 nitrogen and oxygen atoms in total. The number of benzene rings is 2. The van der Waals surface area contributed by atoms with Gasteiger partial charge in [0.15, 0.2) is 6.61 Å². The van der Waals surface area contributed by atoms with Gasteiger partial charge in [0, 0.05) is 5.69 Å². The van der Waals surface area contributed by atoms with Crippen LogP contribution >= 0.6 is 0 Å². The van der Waals surface area contributed by atoms with Gasteiger partial charge in [0.05, 0.1) is 6.54 Å². The van der Waals surface area contributed by atoms with E-state index in [1.54, 1.807) is 12.1 Å². The second kappa shape index (κ2) is 8.72. The van der Waals surface area contributed by atoms with E-state index in [0.29, 0.717) is 5.75 Å². The van der Waals surface area contributed by atoms with Crippen molar-refractivity contribution in [3.05, 3.63) is 59.7 Å². The van der Waals surface area contributed by atoms with Gasteiger partial charge in [0.25, 0.3) is 5.91 Å². The number of amides is 2. The molecule has 0 bridgehead atoms. The fourth-order valence-corrected chi connectivity index (χ4v) is 2.16. The number of aryl methyl sites for hydroxylation is 2. The van der Waals surface area contributed by atoms with Crippen molar-refractivity contribution in [2.75, 3.05) is 18.5 Å². The molecule has 0 spiro atoms. The average molecular weight is 326 g/mol. The number of anilines is 1. The van der Waals surface area contributed by atoms with Crippen molar-refractivity contribution in [2.24, 2.45) is 0 Å². The average Bonchev–Trinajstić information content (AvgIpc) is 2.60. The third-order valence-corrected chi connectivity index (χ3v) is 3.51. The summed E-state index contributed by atoms with van der Waals surface area (Å²) < 4.78 is 5.37. The van der Waals surface area contributed by atoms with Crippen LogP contribution in [0, 0.1) is 6.92 Å². The fraction of sp³-hybridized carbons (Fsp3) is 0.263. The number of carbonyl (C=O) groups excluding carboxylic acids is 2. The van der Waals surface area contributed by atoms with Gasteiger partial charge in [0.2, 0.25) is 5.91 Å². The summed E-state index contributed by atoms with van der Waals surface area (Å²) in [6, 6.07) is 15.0. The number of carbonyl (C=O) groups is 2. The maximum absolute atomic E-state index is 11.9. The second-order valence-electron chi connectivity index (χ2n) is 5.44. The second-order valence-corrected chi connectivity index (χ2v) is 5.44. The summed E-state index contributed by atoms with van der Waals surface area (Å²) in [5, 5.41) is 5.35. The summed E-state index contributed by atoms with van der Waals surface area (Å²) in [5.41, 5.74) is 2.95. The van der Waals surface area contributed by atoms with E-state index in [0.717, 1.165) is 23.2 Å². The minimum Gasteiger partial charge on any atom is -0.484 e. The first-order valence-corrected chi connectivity index (χ1v) is 7.92. The summed E-state index contributed by atoms with van der Waals surface area (Å²) in [6.07, 6.45) is 0.827. The molecular formula is C19H22N2O3. The smallest absolute Gasteiger partial charge is 0.258 e. The van der Waals surface area contributed by atoms with E-state index >= 15 is 0 Å². The van der Waals surface area contributed by atoms with Crippen molar-refractivity contribution in [3.8, 4) is 5.75 Å². The Balaban J connectivity index is 1.74. The molecule has 2 aromatic carbocycles. The molecule has 24 heavy (non-hydrogen) atoms. The zero-order chi connectivity index (χ0) is 17.4. The highest BCUT2D eigenvalue weighted by Crippen LogP contribution is 2.15. The quantitative estimate of drug-likeness (QED) is 0.822. The normalized spacial score (nSPS) is 10.1. The zero-order valence-corrected chi connectivity index (χ0v) is 14.0. The van der Waals surface area contributed by atoms with E-state index in [1.165, 1.54) is 0 Å². The van der Waals surface area contributed by atoms with Gasteiger partial charge in [-0.05, 0) is 37.1 Å². The predicted molar refractivity (Wildman–Crippen MR) is 94.1 cm³/mol. The SMILES string of the molecule is CCc1ccccc1NC(=O)CNC(=O)COc1ccc(C)cc1. The molecule has 0 aliphatic carbocycles. The summed E-state index contributed by atoms with van der Waals surface area (Å²) in [5.74, 6) is 0.0196. The van der Waals surface area contributed by atoms with E-state index < -0.39 is 0 Å². The largest absolute Gasteiger partial charge is 0.484 e. The minimum atomic E-state index is -0.338. The number of hydrogen-bond acceptors (Lipinski definition) is 3. The van der Waals surface area contributed by atoms with Crippen LogP contribution < -0.4 is 15.4 Å². The Morgan fingerprint density at radius 2 is 1.71 bits per heavy atom. The molecule has 0 atom stereocenters. The van der Waals surface area contributed by atoms with Crippen LogP contribution in [0.1, 0.15) is 18.1 Å². The van der Waals surface area contributed by atoms with E-state index in [9.17, 15) is 9.59 Å². The summed E-state index contributed by atoms with van der Waals surface area (Å²) >= 11 is 0. The van der Waals surface area contributed by atoms with Crippen LogP contribution in [0.25, 0.3) is 0 Å². The number of para-hydroxylation sites is 1. The van der Waals surface area contributed by atoms with Gasteiger partial charge in [-0.1, -0.05) is 42.8 Å². The first-order valence-electron chi connectivity index (χ1n) is 7.92. The van der Waals surface area contributed by atoms with Crippen LogP contribution in [0.5, 0.6) is 5.75 Å². The van der Waals surface area contributed by atoms with Gasteiger partial charge >= 0.3 is 0 Å². The Labute approximate surface area is 142 Å². The van der Waals surface area contributed by atoms with E-state index in [-0.39, 0.29) is 25.0 Å². The molecule has 2 N–H and O–H groups in total. The fourth-order valence-electron chi connectivity index (χ4n) is 2.16. The maximum atomic E-state index is 11.9. The molecule has 5 heteroatoms. The topological polar surface area (TPSA) is 67.4 Å². The van der Waals surface area contributed by atoms with Crippen LogP contribution in [-0.2, 0) is 16.0 Å². The van der Waals surface area contributed by atoms with Crippen molar-refractivity contribution < 1.29 is 14.3 Å². The van der Waals surface area contributed by atoms with E-state index in [2.05, 4.69) is 10.6 Å². The number of ether oxygens (including phenoxy) is 1. The molecule has 0 heterocycles. The summed E-state index contributed by atoms with van der Waals surface area (Å²) in [6.45, 7) is 3.79. The molecule has 0 saturated carbocycles. The highest BCUT2D eigenvalue weighted by Gasteiger charge is 2.08. The first-order chi connectivity index (χ1) is 11.6. The van der Waals surface area contributed by atoms with Crippen molar-refractivity contribution >= 4 is 17.5 Å². The Hall–Kier alpha value is -2.82. The Kier molecular flexibility index (Phi) is 6.37. The molecule has 0 aliphatic heterocycles. The lowest BCUT2D eigenvalue weighted by Crippen LogP contribution is -2.35. The maximum Gasteiger partial charge on any atom is 0.258 e. The molecule has 0 radical (unpaired) electrons. The number of hydrogen-bond donors (Lipinski definition) is 2. The highest BCUT2D eigenvalue weighted by molar-refractivity contribution is 5.95.